The van der Waals surface area contributed by atoms with E-state index < -0.39 is 0 Å². The Bertz CT molecular complexity index is 283. The maximum atomic E-state index is 9.72. The summed E-state index contributed by atoms with van der Waals surface area (Å²) >= 11 is 0. The number of aromatic hydroxyl groups is 1. The molecule has 0 aliphatic rings. The highest BCUT2D eigenvalue weighted by Gasteiger charge is 2.17. The zero-order valence-electron chi connectivity index (χ0n) is 8.90. The van der Waals surface area contributed by atoms with Crippen molar-refractivity contribution in [2.24, 2.45) is 11.7 Å². The van der Waals surface area contributed by atoms with Gasteiger partial charge in [0.25, 0.3) is 0 Å². The lowest BCUT2D eigenvalue weighted by atomic mass is 9.85. The maximum absolute atomic E-state index is 9.72. The Balaban J connectivity index is 2.93. The van der Waals surface area contributed by atoms with Crippen molar-refractivity contribution >= 4 is 0 Å². The largest absolute Gasteiger partial charge is 0.508 e. The van der Waals surface area contributed by atoms with Gasteiger partial charge < -0.3 is 10.8 Å². The van der Waals surface area contributed by atoms with E-state index in [4.69, 9.17) is 5.73 Å². The average molecular weight is 193 g/mol. The Morgan fingerprint density at radius 2 is 1.93 bits per heavy atom. The highest BCUT2D eigenvalue weighted by Crippen LogP contribution is 2.32. The number of para-hydroxylation sites is 1. The first-order valence-corrected chi connectivity index (χ1v) is 5.14. The second-order valence-electron chi connectivity index (χ2n) is 3.99. The molecule has 2 nitrogen and oxygen atoms in total. The van der Waals surface area contributed by atoms with Crippen LogP contribution in [0.4, 0.5) is 0 Å². The van der Waals surface area contributed by atoms with Crippen LogP contribution < -0.4 is 5.73 Å². The van der Waals surface area contributed by atoms with E-state index >= 15 is 0 Å². The molecule has 1 aromatic rings. The molecule has 0 saturated carbocycles. The molecular formula is C12H19NO. The molecular weight excluding hydrogens is 174 g/mol. The summed E-state index contributed by atoms with van der Waals surface area (Å²) in [6.07, 6.45) is 0.926. The molecule has 0 bridgehead atoms. The van der Waals surface area contributed by atoms with Crippen molar-refractivity contribution in [3.05, 3.63) is 29.8 Å². The van der Waals surface area contributed by atoms with Crippen molar-refractivity contribution < 1.29 is 5.11 Å². The van der Waals surface area contributed by atoms with Gasteiger partial charge in [0.1, 0.15) is 5.75 Å². The van der Waals surface area contributed by atoms with E-state index in [2.05, 4.69) is 13.8 Å². The minimum Gasteiger partial charge on any atom is -0.508 e. The molecule has 1 rings (SSSR count). The molecule has 3 N–H and O–H groups in total. The Kier molecular flexibility index (Phi) is 3.96. The van der Waals surface area contributed by atoms with E-state index in [9.17, 15) is 5.11 Å². The molecule has 2 heteroatoms. The van der Waals surface area contributed by atoms with E-state index in [1.807, 2.05) is 18.2 Å². The van der Waals surface area contributed by atoms with Gasteiger partial charge >= 0.3 is 0 Å². The van der Waals surface area contributed by atoms with E-state index in [0.29, 0.717) is 24.1 Å². The van der Waals surface area contributed by atoms with Gasteiger partial charge in [-0.15, -0.1) is 0 Å². The van der Waals surface area contributed by atoms with Crippen LogP contribution in [0, 0.1) is 5.92 Å². The van der Waals surface area contributed by atoms with Crippen LogP contribution in [0.25, 0.3) is 0 Å². The molecule has 0 spiro atoms. The highest BCUT2D eigenvalue weighted by atomic mass is 16.3. The van der Waals surface area contributed by atoms with Crippen LogP contribution in [0.2, 0.25) is 0 Å². The van der Waals surface area contributed by atoms with E-state index in [-0.39, 0.29) is 0 Å². The molecule has 1 aromatic carbocycles. The van der Waals surface area contributed by atoms with Crippen molar-refractivity contribution in [1.82, 2.24) is 0 Å². The minimum absolute atomic E-state index is 0.362. The smallest absolute Gasteiger partial charge is 0.119 e. The third-order valence-corrected chi connectivity index (χ3v) is 2.62. The second kappa shape index (κ2) is 5.01. The Morgan fingerprint density at radius 1 is 1.29 bits per heavy atom. The second-order valence-corrected chi connectivity index (χ2v) is 3.99. The lowest BCUT2D eigenvalue weighted by Crippen LogP contribution is -2.12. The lowest BCUT2D eigenvalue weighted by molar-refractivity contribution is 0.425. The standard InChI is InChI=1S/C12H19NO/c1-9(2)10(7-8-13)11-5-3-4-6-12(11)14/h3-6,9-10,14H,7-8,13H2,1-2H3. The SMILES string of the molecule is CC(C)C(CCN)c1ccccc1O. The summed E-state index contributed by atoms with van der Waals surface area (Å²) in [4.78, 5) is 0. The molecule has 0 saturated heterocycles. The molecule has 1 atom stereocenters. The summed E-state index contributed by atoms with van der Waals surface area (Å²) in [5, 5.41) is 9.72. The summed E-state index contributed by atoms with van der Waals surface area (Å²) in [5.74, 6) is 1.26. The summed E-state index contributed by atoms with van der Waals surface area (Å²) in [6, 6.07) is 7.52. The Hall–Kier alpha value is -1.02. The molecule has 0 heterocycles. The monoisotopic (exact) mass is 193 g/mol. The number of rotatable bonds is 4. The molecule has 0 amide bonds. The van der Waals surface area contributed by atoms with Gasteiger partial charge in [0.2, 0.25) is 0 Å². The van der Waals surface area contributed by atoms with Crippen LogP contribution in [0.15, 0.2) is 24.3 Å². The molecule has 0 radical (unpaired) electrons. The van der Waals surface area contributed by atoms with Gasteiger partial charge in [0, 0.05) is 0 Å². The summed E-state index contributed by atoms with van der Waals surface area (Å²) < 4.78 is 0. The van der Waals surface area contributed by atoms with E-state index in [1.165, 1.54) is 0 Å². The number of phenols is 1. The van der Waals surface area contributed by atoms with E-state index in [0.717, 1.165) is 12.0 Å². The number of hydrogen-bond donors (Lipinski definition) is 2. The van der Waals surface area contributed by atoms with Gasteiger partial charge in [-0.05, 0) is 36.4 Å². The molecule has 0 aromatic heterocycles. The quantitative estimate of drug-likeness (QED) is 0.771. The van der Waals surface area contributed by atoms with Gasteiger partial charge in [-0.25, -0.2) is 0 Å². The maximum Gasteiger partial charge on any atom is 0.119 e. The normalized spacial score (nSPS) is 13.1. The van der Waals surface area contributed by atoms with Gasteiger partial charge in [-0.1, -0.05) is 32.0 Å². The third kappa shape index (κ3) is 2.48. The number of phenolic OH excluding ortho intramolecular Hbond substituents is 1. The highest BCUT2D eigenvalue weighted by molar-refractivity contribution is 5.35. The zero-order valence-corrected chi connectivity index (χ0v) is 8.90. The van der Waals surface area contributed by atoms with Crippen LogP contribution in [0.5, 0.6) is 5.75 Å². The Labute approximate surface area is 85.8 Å². The van der Waals surface area contributed by atoms with Crippen molar-refractivity contribution in [3.8, 4) is 5.75 Å². The predicted molar refractivity (Wildman–Crippen MR) is 59.4 cm³/mol. The first-order valence-electron chi connectivity index (χ1n) is 5.14. The zero-order chi connectivity index (χ0) is 10.6. The molecule has 0 aliphatic carbocycles. The number of nitrogens with two attached hydrogens (primary N) is 1. The fraction of sp³-hybridized carbons (Fsp3) is 0.500. The summed E-state index contributed by atoms with van der Waals surface area (Å²) in [6.45, 7) is 4.98. The average Bonchev–Trinajstić information content (AvgIpc) is 2.15. The van der Waals surface area contributed by atoms with Crippen LogP contribution in [-0.2, 0) is 0 Å². The molecule has 1 unspecified atom stereocenters. The van der Waals surface area contributed by atoms with Crippen LogP contribution in [0.1, 0.15) is 31.7 Å². The third-order valence-electron chi connectivity index (χ3n) is 2.62. The molecule has 0 aliphatic heterocycles. The number of benzene rings is 1. The lowest BCUT2D eigenvalue weighted by Gasteiger charge is -2.21. The van der Waals surface area contributed by atoms with Crippen LogP contribution >= 0.6 is 0 Å². The molecule has 0 fully saturated rings. The van der Waals surface area contributed by atoms with Gasteiger partial charge in [-0.3, -0.25) is 0 Å². The Morgan fingerprint density at radius 3 is 2.43 bits per heavy atom. The van der Waals surface area contributed by atoms with E-state index in [1.54, 1.807) is 6.07 Å². The predicted octanol–water partition coefficient (Wildman–Crippen LogP) is 2.48. The first-order chi connectivity index (χ1) is 6.66. The van der Waals surface area contributed by atoms with Gasteiger partial charge in [0.05, 0.1) is 0 Å². The first kappa shape index (κ1) is 11.1. The van der Waals surface area contributed by atoms with Crippen molar-refractivity contribution in [1.29, 1.82) is 0 Å². The molecule has 14 heavy (non-hydrogen) atoms. The summed E-state index contributed by atoms with van der Waals surface area (Å²) in [5.41, 5.74) is 6.59. The van der Waals surface area contributed by atoms with Crippen molar-refractivity contribution in [2.75, 3.05) is 6.54 Å². The summed E-state index contributed by atoms with van der Waals surface area (Å²) in [7, 11) is 0. The topological polar surface area (TPSA) is 46.2 Å². The number of hydrogen-bond acceptors (Lipinski definition) is 2. The van der Waals surface area contributed by atoms with Gasteiger partial charge in [0.15, 0.2) is 0 Å². The van der Waals surface area contributed by atoms with Crippen molar-refractivity contribution in [2.45, 2.75) is 26.2 Å². The minimum atomic E-state index is 0.362. The van der Waals surface area contributed by atoms with Crippen LogP contribution in [0.3, 0.4) is 0 Å². The fourth-order valence-corrected chi connectivity index (χ4v) is 1.83. The fourth-order valence-electron chi connectivity index (χ4n) is 1.83. The van der Waals surface area contributed by atoms with Crippen LogP contribution in [-0.4, -0.2) is 11.7 Å². The van der Waals surface area contributed by atoms with Crippen molar-refractivity contribution in [3.63, 3.8) is 0 Å². The molecule has 78 valence electrons. The van der Waals surface area contributed by atoms with Gasteiger partial charge in [-0.2, -0.15) is 0 Å².